The van der Waals surface area contributed by atoms with Crippen molar-refractivity contribution in [2.75, 3.05) is 16.4 Å². The van der Waals surface area contributed by atoms with Crippen LogP contribution in [0.1, 0.15) is 32.4 Å². The van der Waals surface area contributed by atoms with E-state index in [1.807, 2.05) is 13.8 Å². The average molecular weight is 390 g/mol. The summed E-state index contributed by atoms with van der Waals surface area (Å²) in [6.45, 7) is 5.46. The van der Waals surface area contributed by atoms with E-state index in [2.05, 4.69) is 35.8 Å². The summed E-state index contributed by atoms with van der Waals surface area (Å²) >= 11 is 0. The van der Waals surface area contributed by atoms with Gasteiger partial charge in [-0.1, -0.05) is 6.07 Å². The summed E-state index contributed by atoms with van der Waals surface area (Å²) < 4.78 is 32.5. The molecule has 0 amide bonds. The molecule has 0 saturated heterocycles. The summed E-state index contributed by atoms with van der Waals surface area (Å²) in [5.41, 5.74) is 5.99. The molecule has 0 radical (unpaired) electrons. The van der Waals surface area contributed by atoms with Crippen molar-refractivity contribution in [1.82, 2.24) is 25.1 Å². The SMILES string of the molecule is CC(C)Oc1cc(Nc2nc(N)nc(NC(C)c3ccc(F)cc3F)n2)[nH]n1. The van der Waals surface area contributed by atoms with Gasteiger partial charge in [0.2, 0.25) is 23.7 Å². The third-order valence-corrected chi connectivity index (χ3v) is 3.58. The van der Waals surface area contributed by atoms with Crippen molar-refractivity contribution in [1.29, 1.82) is 0 Å². The quantitative estimate of drug-likeness (QED) is 0.485. The molecular formula is C17H20F2N8O. The monoisotopic (exact) mass is 390 g/mol. The van der Waals surface area contributed by atoms with Gasteiger partial charge in [0, 0.05) is 17.7 Å². The second-order valence-electron chi connectivity index (χ2n) is 6.28. The Labute approximate surface area is 159 Å². The third-order valence-electron chi connectivity index (χ3n) is 3.58. The van der Waals surface area contributed by atoms with Crippen LogP contribution in [0.15, 0.2) is 24.3 Å². The minimum Gasteiger partial charge on any atom is -0.474 e. The van der Waals surface area contributed by atoms with Crippen LogP contribution in [0.25, 0.3) is 0 Å². The smallest absolute Gasteiger partial charge is 0.234 e. The summed E-state index contributed by atoms with van der Waals surface area (Å²) in [5.74, 6) is -0.167. The summed E-state index contributed by atoms with van der Waals surface area (Å²) in [6.07, 6.45) is -0.0203. The van der Waals surface area contributed by atoms with Crippen molar-refractivity contribution in [3.05, 3.63) is 41.5 Å². The number of hydrogen-bond donors (Lipinski definition) is 4. The molecule has 28 heavy (non-hydrogen) atoms. The third kappa shape index (κ3) is 4.81. The largest absolute Gasteiger partial charge is 0.474 e. The Morgan fingerprint density at radius 2 is 1.82 bits per heavy atom. The van der Waals surface area contributed by atoms with Crippen LogP contribution in [0.3, 0.4) is 0 Å². The van der Waals surface area contributed by atoms with Gasteiger partial charge in [-0.05, 0) is 26.8 Å². The molecule has 2 heterocycles. The van der Waals surface area contributed by atoms with E-state index in [1.165, 1.54) is 12.1 Å². The Hall–Kier alpha value is -3.50. The lowest BCUT2D eigenvalue weighted by molar-refractivity contribution is 0.232. The van der Waals surface area contributed by atoms with Gasteiger partial charge in [-0.15, -0.1) is 5.10 Å². The van der Waals surface area contributed by atoms with Crippen molar-refractivity contribution in [3.8, 4) is 5.88 Å². The maximum Gasteiger partial charge on any atom is 0.234 e. The van der Waals surface area contributed by atoms with Crippen LogP contribution < -0.4 is 21.1 Å². The van der Waals surface area contributed by atoms with Crippen LogP contribution >= 0.6 is 0 Å². The Morgan fingerprint density at radius 1 is 1.07 bits per heavy atom. The summed E-state index contributed by atoms with van der Waals surface area (Å²) in [6, 6.07) is 4.46. The molecule has 148 valence electrons. The molecular weight excluding hydrogens is 370 g/mol. The van der Waals surface area contributed by atoms with Gasteiger partial charge in [0.1, 0.15) is 17.5 Å². The second kappa shape index (κ2) is 8.03. The molecule has 1 atom stereocenters. The number of hydrogen-bond acceptors (Lipinski definition) is 8. The molecule has 0 saturated carbocycles. The highest BCUT2D eigenvalue weighted by Gasteiger charge is 2.14. The van der Waals surface area contributed by atoms with E-state index in [-0.39, 0.29) is 29.5 Å². The molecule has 0 aliphatic carbocycles. The van der Waals surface area contributed by atoms with Crippen LogP contribution in [0.2, 0.25) is 0 Å². The number of aromatic amines is 1. The fraction of sp³-hybridized carbons (Fsp3) is 0.294. The molecule has 0 spiro atoms. The van der Waals surface area contributed by atoms with Crippen molar-refractivity contribution >= 4 is 23.7 Å². The number of nitrogen functional groups attached to an aromatic ring is 1. The summed E-state index contributed by atoms with van der Waals surface area (Å²) in [7, 11) is 0. The van der Waals surface area contributed by atoms with Crippen molar-refractivity contribution < 1.29 is 13.5 Å². The summed E-state index contributed by atoms with van der Waals surface area (Å²) in [5, 5.41) is 12.6. The van der Waals surface area contributed by atoms with Crippen LogP contribution in [-0.2, 0) is 0 Å². The Morgan fingerprint density at radius 3 is 2.54 bits per heavy atom. The van der Waals surface area contributed by atoms with E-state index in [0.717, 1.165) is 6.07 Å². The number of nitrogens with zero attached hydrogens (tertiary/aromatic N) is 4. The van der Waals surface area contributed by atoms with Crippen molar-refractivity contribution in [2.24, 2.45) is 0 Å². The first-order valence-corrected chi connectivity index (χ1v) is 8.52. The zero-order valence-corrected chi connectivity index (χ0v) is 15.5. The lowest BCUT2D eigenvalue weighted by Crippen LogP contribution is -2.14. The van der Waals surface area contributed by atoms with Crippen LogP contribution in [0.4, 0.5) is 32.4 Å². The van der Waals surface area contributed by atoms with Crippen LogP contribution in [-0.4, -0.2) is 31.3 Å². The van der Waals surface area contributed by atoms with Gasteiger partial charge in [-0.2, -0.15) is 15.0 Å². The molecule has 2 aromatic heterocycles. The standard InChI is InChI=1S/C17H20F2N8O/c1-8(2)28-14-7-13(26-27-14)22-17-24-15(20)23-16(25-17)21-9(3)11-5-4-10(18)6-12(11)19/h4-9H,1-3H3,(H5,20,21,22,23,24,25,26,27). The number of nitrogens with one attached hydrogen (secondary N) is 3. The molecule has 1 unspecified atom stereocenters. The maximum absolute atomic E-state index is 13.9. The molecule has 0 aliphatic heterocycles. The zero-order valence-electron chi connectivity index (χ0n) is 15.5. The molecule has 0 aliphatic rings. The molecule has 3 rings (SSSR count). The first-order valence-electron chi connectivity index (χ1n) is 8.52. The van der Waals surface area contributed by atoms with Gasteiger partial charge in [-0.3, -0.25) is 5.10 Å². The van der Waals surface area contributed by atoms with Gasteiger partial charge >= 0.3 is 0 Å². The Kier molecular flexibility index (Phi) is 5.52. The van der Waals surface area contributed by atoms with E-state index < -0.39 is 17.7 Å². The van der Waals surface area contributed by atoms with Gasteiger partial charge in [0.25, 0.3) is 0 Å². The normalized spacial score (nSPS) is 12.1. The second-order valence-corrected chi connectivity index (χ2v) is 6.28. The lowest BCUT2D eigenvalue weighted by Gasteiger charge is -2.15. The molecule has 0 fully saturated rings. The van der Waals surface area contributed by atoms with E-state index in [9.17, 15) is 8.78 Å². The van der Waals surface area contributed by atoms with E-state index in [1.54, 1.807) is 13.0 Å². The van der Waals surface area contributed by atoms with Crippen LogP contribution in [0, 0.1) is 11.6 Å². The average Bonchev–Trinajstić information content (AvgIpc) is 3.00. The fourth-order valence-electron chi connectivity index (χ4n) is 2.43. The van der Waals surface area contributed by atoms with Crippen molar-refractivity contribution in [3.63, 3.8) is 0 Å². The molecule has 11 heteroatoms. The maximum atomic E-state index is 13.9. The predicted octanol–water partition coefficient (Wildman–Crippen LogP) is 3.16. The molecule has 0 bridgehead atoms. The first kappa shape index (κ1) is 19.3. The predicted molar refractivity (Wildman–Crippen MR) is 100 cm³/mol. The minimum absolute atomic E-state index is 0.0203. The van der Waals surface area contributed by atoms with Gasteiger partial charge in [0.15, 0.2) is 0 Å². The van der Waals surface area contributed by atoms with E-state index in [0.29, 0.717) is 11.7 Å². The lowest BCUT2D eigenvalue weighted by atomic mass is 10.1. The number of rotatable bonds is 7. The number of nitrogens with two attached hydrogens (primary N) is 1. The fourth-order valence-corrected chi connectivity index (χ4v) is 2.43. The van der Waals surface area contributed by atoms with Gasteiger partial charge in [0.05, 0.1) is 12.1 Å². The molecule has 9 nitrogen and oxygen atoms in total. The summed E-state index contributed by atoms with van der Waals surface area (Å²) in [4.78, 5) is 12.2. The number of halogens is 2. The number of benzene rings is 1. The highest BCUT2D eigenvalue weighted by Crippen LogP contribution is 2.22. The molecule has 3 aromatic rings. The van der Waals surface area contributed by atoms with Gasteiger partial charge < -0.3 is 21.1 Å². The van der Waals surface area contributed by atoms with Crippen molar-refractivity contribution in [2.45, 2.75) is 32.9 Å². The topological polar surface area (TPSA) is 127 Å². The van der Waals surface area contributed by atoms with Crippen LogP contribution in [0.5, 0.6) is 5.88 Å². The highest BCUT2D eigenvalue weighted by atomic mass is 19.1. The number of ether oxygens (including phenoxy) is 1. The molecule has 1 aromatic carbocycles. The van der Waals surface area contributed by atoms with E-state index >= 15 is 0 Å². The minimum atomic E-state index is -0.671. The number of anilines is 4. The first-order chi connectivity index (χ1) is 13.3. The Balaban J connectivity index is 1.74. The van der Waals surface area contributed by atoms with Gasteiger partial charge in [-0.25, -0.2) is 8.78 Å². The zero-order chi connectivity index (χ0) is 20.3. The van der Waals surface area contributed by atoms with E-state index in [4.69, 9.17) is 10.5 Å². The molecule has 5 N–H and O–H groups in total. The Bertz CT molecular complexity index is 962. The highest BCUT2D eigenvalue weighted by molar-refractivity contribution is 5.52. The number of aromatic nitrogens is 5. The number of H-pyrrole nitrogens is 1.